The van der Waals surface area contributed by atoms with Crippen LogP contribution in [0.4, 0.5) is 10.5 Å². The van der Waals surface area contributed by atoms with Crippen molar-refractivity contribution >= 4 is 11.8 Å². The Morgan fingerprint density at radius 1 is 1.33 bits per heavy atom. The second-order valence-corrected chi connectivity index (χ2v) is 7.01. The van der Waals surface area contributed by atoms with Gasteiger partial charge in [0.05, 0.1) is 6.54 Å². The fourth-order valence-electron chi connectivity index (χ4n) is 2.65. The van der Waals surface area contributed by atoms with Gasteiger partial charge in [0.1, 0.15) is 5.60 Å². The van der Waals surface area contributed by atoms with Gasteiger partial charge in [0.15, 0.2) is 0 Å². The molecular weight excluding hydrogens is 264 g/mol. The number of benzene rings is 1. The van der Waals surface area contributed by atoms with E-state index in [1.807, 2.05) is 25.7 Å². The topological polar surface area (TPSA) is 41.6 Å². The van der Waals surface area contributed by atoms with E-state index < -0.39 is 5.60 Å². The molecule has 0 saturated heterocycles. The van der Waals surface area contributed by atoms with E-state index in [0.717, 1.165) is 13.0 Å². The summed E-state index contributed by atoms with van der Waals surface area (Å²) in [4.78, 5) is 14.1. The van der Waals surface area contributed by atoms with E-state index in [-0.39, 0.29) is 6.09 Å². The lowest BCUT2D eigenvalue weighted by Gasteiger charge is -2.32. The Morgan fingerprint density at radius 3 is 2.76 bits per heavy atom. The van der Waals surface area contributed by atoms with Crippen LogP contribution in [0.5, 0.6) is 0 Å². The Labute approximate surface area is 126 Å². The van der Waals surface area contributed by atoms with Crippen LogP contribution in [-0.2, 0) is 17.7 Å². The van der Waals surface area contributed by atoms with Crippen LogP contribution >= 0.6 is 0 Å². The van der Waals surface area contributed by atoms with Gasteiger partial charge in [0, 0.05) is 18.3 Å². The minimum Gasteiger partial charge on any atom is -0.444 e. The van der Waals surface area contributed by atoms with Crippen LogP contribution in [0.15, 0.2) is 18.2 Å². The van der Waals surface area contributed by atoms with Gasteiger partial charge >= 0.3 is 6.09 Å². The van der Waals surface area contributed by atoms with Crippen LogP contribution in [0.3, 0.4) is 0 Å². The summed E-state index contributed by atoms with van der Waals surface area (Å²) in [6.45, 7) is 7.09. The van der Waals surface area contributed by atoms with Crippen LogP contribution < -0.4 is 5.32 Å². The lowest BCUT2D eigenvalue weighted by atomic mass is 9.98. The van der Waals surface area contributed by atoms with Crippen LogP contribution in [0.1, 0.15) is 44.7 Å². The van der Waals surface area contributed by atoms with Crippen molar-refractivity contribution in [2.75, 3.05) is 11.9 Å². The lowest BCUT2D eigenvalue weighted by Crippen LogP contribution is -2.40. The molecule has 0 bridgehead atoms. The average Bonchev–Trinajstić information content (AvgIpc) is 3.20. The number of carbonyl (C=O) groups excluding carboxylic acids is 1. The number of ether oxygens (including phenoxy) is 1. The molecule has 1 N–H and O–H groups in total. The number of anilines is 1. The summed E-state index contributed by atoms with van der Waals surface area (Å²) >= 11 is 0. The lowest BCUT2D eigenvalue weighted by molar-refractivity contribution is 0.0224. The molecule has 1 aliphatic carbocycles. The van der Waals surface area contributed by atoms with Gasteiger partial charge in [-0.05, 0) is 57.2 Å². The van der Waals surface area contributed by atoms with Crippen molar-refractivity contribution in [2.45, 2.75) is 58.2 Å². The molecule has 0 spiro atoms. The molecular formula is C17H24N2O2. The van der Waals surface area contributed by atoms with E-state index in [4.69, 9.17) is 4.74 Å². The third-order valence-corrected chi connectivity index (χ3v) is 3.86. The average molecular weight is 288 g/mol. The van der Waals surface area contributed by atoms with Crippen molar-refractivity contribution in [1.82, 2.24) is 4.90 Å². The monoisotopic (exact) mass is 288 g/mol. The molecule has 1 aromatic rings. The summed E-state index contributed by atoms with van der Waals surface area (Å²) in [6, 6.07) is 7.01. The van der Waals surface area contributed by atoms with E-state index in [9.17, 15) is 4.79 Å². The van der Waals surface area contributed by atoms with E-state index >= 15 is 0 Å². The van der Waals surface area contributed by atoms with Gasteiger partial charge in [-0.1, -0.05) is 12.1 Å². The Balaban J connectivity index is 1.75. The first-order valence-corrected chi connectivity index (χ1v) is 7.77. The van der Waals surface area contributed by atoms with Crippen LogP contribution in [0.2, 0.25) is 0 Å². The second-order valence-electron chi connectivity index (χ2n) is 7.01. The molecule has 114 valence electrons. The van der Waals surface area contributed by atoms with Crippen molar-refractivity contribution in [1.29, 1.82) is 0 Å². The molecule has 4 heteroatoms. The van der Waals surface area contributed by atoms with Gasteiger partial charge in [-0.15, -0.1) is 0 Å². The zero-order valence-corrected chi connectivity index (χ0v) is 13.1. The number of rotatable bonds is 2. The van der Waals surface area contributed by atoms with Gasteiger partial charge in [0.2, 0.25) is 0 Å². The minimum absolute atomic E-state index is 0.214. The van der Waals surface area contributed by atoms with Gasteiger partial charge in [0.25, 0.3) is 0 Å². The quantitative estimate of drug-likeness (QED) is 0.904. The Hall–Kier alpha value is -1.71. The van der Waals surface area contributed by atoms with Gasteiger partial charge < -0.3 is 15.0 Å². The molecule has 0 unspecified atom stereocenters. The van der Waals surface area contributed by atoms with E-state index in [1.54, 1.807) is 0 Å². The molecule has 0 aromatic heterocycles. The van der Waals surface area contributed by atoms with Crippen molar-refractivity contribution in [3.8, 4) is 0 Å². The molecule has 1 aromatic carbocycles. The summed E-state index contributed by atoms with van der Waals surface area (Å²) in [7, 11) is 0. The smallest absolute Gasteiger partial charge is 0.410 e. The summed E-state index contributed by atoms with van der Waals surface area (Å²) < 4.78 is 5.49. The molecule has 1 heterocycles. The van der Waals surface area contributed by atoms with Crippen LogP contribution in [-0.4, -0.2) is 29.2 Å². The van der Waals surface area contributed by atoms with Crippen molar-refractivity contribution in [3.63, 3.8) is 0 Å². The predicted octanol–water partition coefficient (Wildman–Crippen LogP) is 3.55. The maximum Gasteiger partial charge on any atom is 0.410 e. The Bertz CT molecular complexity index is 544. The fourth-order valence-corrected chi connectivity index (χ4v) is 2.65. The van der Waals surface area contributed by atoms with E-state index in [0.29, 0.717) is 12.6 Å². The second kappa shape index (κ2) is 5.24. The number of nitrogens with zero attached hydrogens (tertiary/aromatic N) is 1. The highest BCUT2D eigenvalue weighted by Crippen LogP contribution is 2.31. The van der Waals surface area contributed by atoms with Crippen molar-refractivity contribution in [2.24, 2.45) is 0 Å². The SMILES string of the molecule is CC(C)(C)OC(=O)N1CCc2cccc(NC3CC3)c2C1. The highest BCUT2D eigenvalue weighted by molar-refractivity contribution is 5.70. The first-order valence-electron chi connectivity index (χ1n) is 7.77. The normalized spacial score (nSPS) is 18.1. The third kappa shape index (κ3) is 3.49. The Morgan fingerprint density at radius 2 is 2.10 bits per heavy atom. The number of hydrogen-bond acceptors (Lipinski definition) is 3. The number of nitrogens with one attached hydrogen (secondary N) is 1. The van der Waals surface area contributed by atoms with Crippen LogP contribution in [0, 0.1) is 0 Å². The number of carbonyl (C=O) groups is 1. The molecule has 1 saturated carbocycles. The molecule has 1 amide bonds. The molecule has 3 rings (SSSR count). The van der Waals surface area contributed by atoms with Gasteiger partial charge in [-0.25, -0.2) is 4.79 Å². The summed E-state index contributed by atoms with van der Waals surface area (Å²) in [5.74, 6) is 0. The maximum absolute atomic E-state index is 12.3. The fraction of sp³-hybridized carbons (Fsp3) is 0.588. The third-order valence-electron chi connectivity index (χ3n) is 3.86. The highest BCUT2D eigenvalue weighted by atomic mass is 16.6. The Kier molecular flexibility index (Phi) is 3.56. The first-order chi connectivity index (χ1) is 9.92. The molecule has 1 fully saturated rings. The highest BCUT2D eigenvalue weighted by Gasteiger charge is 2.28. The summed E-state index contributed by atoms with van der Waals surface area (Å²) in [5, 5.41) is 3.57. The molecule has 1 aliphatic heterocycles. The number of amides is 1. The zero-order valence-electron chi connectivity index (χ0n) is 13.1. The summed E-state index contributed by atoms with van der Waals surface area (Å²) in [5.41, 5.74) is 3.34. The minimum atomic E-state index is -0.441. The van der Waals surface area contributed by atoms with Gasteiger partial charge in [-0.3, -0.25) is 0 Å². The maximum atomic E-state index is 12.3. The van der Waals surface area contributed by atoms with E-state index in [1.165, 1.54) is 29.7 Å². The number of hydrogen-bond donors (Lipinski definition) is 1. The zero-order chi connectivity index (χ0) is 15.0. The van der Waals surface area contributed by atoms with Crippen molar-refractivity contribution < 1.29 is 9.53 Å². The first kappa shape index (κ1) is 14.2. The summed E-state index contributed by atoms with van der Waals surface area (Å²) in [6.07, 6.45) is 3.18. The van der Waals surface area contributed by atoms with Crippen molar-refractivity contribution in [3.05, 3.63) is 29.3 Å². The molecule has 4 nitrogen and oxygen atoms in total. The van der Waals surface area contributed by atoms with E-state index in [2.05, 4.69) is 23.5 Å². The van der Waals surface area contributed by atoms with Crippen LogP contribution in [0.25, 0.3) is 0 Å². The predicted molar refractivity (Wildman–Crippen MR) is 83.4 cm³/mol. The number of fused-ring (bicyclic) bond motifs is 1. The largest absolute Gasteiger partial charge is 0.444 e. The molecule has 0 atom stereocenters. The molecule has 21 heavy (non-hydrogen) atoms. The standard InChI is InChI=1S/C17H24N2O2/c1-17(2,3)21-16(20)19-10-9-12-5-4-6-15(14(12)11-19)18-13-7-8-13/h4-6,13,18H,7-11H2,1-3H3. The molecule has 2 aliphatic rings. The van der Waals surface area contributed by atoms with Gasteiger partial charge in [-0.2, -0.15) is 0 Å². The molecule has 0 radical (unpaired) electrons.